The molecule has 0 aromatic heterocycles. The molecule has 0 bridgehead atoms. The van der Waals surface area contributed by atoms with Crippen LogP contribution in [0.3, 0.4) is 0 Å². The molecule has 0 radical (unpaired) electrons. The number of hydrogen-bond acceptors (Lipinski definition) is 2. The summed E-state index contributed by atoms with van der Waals surface area (Å²) in [6, 6.07) is 0. The lowest BCUT2D eigenvalue weighted by molar-refractivity contribution is -0.125. The Morgan fingerprint density at radius 1 is 1.23 bits per heavy atom. The Kier molecular flexibility index (Phi) is 2.75. The van der Waals surface area contributed by atoms with E-state index in [0.29, 0.717) is 6.42 Å². The van der Waals surface area contributed by atoms with Crippen LogP contribution in [0.2, 0.25) is 0 Å². The molecule has 13 heavy (non-hydrogen) atoms. The van der Waals surface area contributed by atoms with Crippen molar-refractivity contribution in [1.82, 2.24) is 0 Å². The maximum absolute atomic E-state index is 10.2. The zero-order valence-electron chi connectivity index (χ0n) is 9.17. The quantitative estimate of drug-likeness (QED) is 0.657. The van der Waals surface area contributed by atoms with Crippen molar-refractivity contribution in [3.05, 3.63) is 0 Å². The van der Waals surface area contributed by atoms with Crippen LogP contribution in [0.4, 0.5) is 0 Å². The Hall–Kier alpha value is -0.0800. The van der Waals surface area contributed by atoms with E-state index in [9.17, 15) is 10.2 Å². The summed E-state index contributed by atoms with van der Waals surface area (Å²) >= 11 is 0. The second-order valence-electron chi connectivity index (χ2n) is 5.22. The molecule has 1 rings (SSSR count). The van der Waals surface area contributed by atoms with Crippen molar-refractivity contribution < 1.29 is 10.2 Å². The van der Waals surface area contributed by atoms with E-state index >= 15 is 0 Å². The van der Waals surface area contributed by atoms with Gasteiger partial charge in [0.1, 0.15) is 0 Å². The molecule has 1 aliphatic rings. The Morgan fingerprint density at radius 2 is 1.77 bits per heavy atom. The van der Waals surface area contributed by atoms with Crippen molar-refractivity contribution in [3.8, 4) is 0 Å². The Morgan fingerprint density at radius 3 is 2.15 bits per heavy atom. The number of rotatable bonds is 1. The first-order valence-electron chi connectivity index (χ1n) is 5.23. The molecule has 0 aliphatic heterocycles. The van der Waals surface area contributed by atoms with Crippen LogP contribution in [0, 0.1) is 11.8 Å². The van der Waals surface area contributed by atoms with Gasteiger partial charge in [0.2, 0.25) is 0 Å². The third-order valence-corrected chi connectivity index (χ3v) is 3.86. The van der Waals surface area contributed by atoms with Crippen LogP contribution in [0.25, 0.3) is 0 Å². The monoisotopic (exact) mass is 186 g/mol. The van der Waals surface area contributed by atoms with Crippen molar-refractivity contribution in [2.24, 2.45) is 11.8 Å². The van der Waals surface area contributed by atoms with Gasteiger partial charge >= 0.3 is 0 Å². The summed E-state index contributed by atoms with van der Waals surface area (Å²) in [5.74, 6) is 0.472. The van der Waals surface area contributed by atoms with Gasteiger partial charge in [0.15, 0.2) is 0 Å². The molecule has 1 aliphatic carbocycles. The third kappa shape index (κ3) is 2.05. The molecule has 3 atom stereocenters. The molecule has 2 heteroatoms. The lowest BCUT2D eigenvalue weighted by Crippen LogP contribution is -2.49. The smallest absolute Gasteiger partial charge is 0.0675 e. The SMILES string of the molecule is CC(C)[C@@]1(O)CC[C@](C)(O)[C@H](C)C1. The van der Waals surface area contributed by atoms with Crippen LogP contribution >= 0.6 is 0 Å². The van der Waals surface area contributed by atoms with E-state index in [2.05, 4.69) is 0 Å². The number of hydrogen-bond donors (Lipinski definition) is 2. The standard InChI is InChI=1S/C11H22O2/c1-8(2)11(13)6-5-10(4,12)9(3)7-11/h8-9,12-13H,5-7H2,1-4H3/t9-,10+,11-/m1/s1. The highest BCUT2D eigenvalue weighted by atomic mass is 16.3. The normalized spacial score (nSPS) is 46.8. The fourth-order valence-electron chi connectivity index (χ4n) is 2.09. The van der Waals surface area contributed by atoms with Gasteiger partial charge in [-0.15, -0.1) is 0 Å². The molecular formula is C11H22O2. The van der Waals surface area contributed by atoms with Crippen molar-refractivity contribution in [1.29, 1.82) is 0 Å². The first-order chi connectivity index (χ1) is 5.78. The van der Waals surface area contributed by atoms with Crippen LogP contribution in [0.5, 0.6) is 0 Å². The highest BCUT2D eigenvalue weighted by Crippen LogP contribution is 2.42. The molecule has 0 aromatic carbocycles. The minimum absolute atomic E-state index is 0.189. The molecule has 0 heterocycles. The van der Waals surface area contributed by atoms with Crippen LogP contribution in [0.1, 0.15) is 47.0 Å². The molecule has 0 spiro atoms. The molecule has 0 unspecified atom stereocenters. The summed E-state index contributed by atoms with van der Waals surface area (Å²) in [7, 11) is 0. The van der Waals surface area contributed by atoms with Crippen LogP contribution in [0.15, 0.2) is 0 Å². The molecule has 0 saturated heterocycles. The lowest BCUT2D eigenvalue weighted by Gasteiger charge is -2.45. The van der Waals surface area contributed by atoms with Crippen molar-refractivity contribution in [2.75, 3.05) is 0 Å². The summed E-state index contributed by atoms with van der Waals surface area (Å²) in [5, 5.41) is 20.2. The molecule has 2 nitrogen and oxygen atoms in total. The second kappa shape index (κ2) is 3.25. The summed E-state index contributed by atoms with van der Waals surface area (Å²) in [6.07, 6.45) is 2.16. The van der Waals surface area contributed by atoms with Crippen LogP contribution in [-0.2, 0) is 0 Å². The second-order valence-corrected chi connectivity index (χ2v) is 5.22. The van der Waals surface area contributed by atoms with Gasteiger partial charge in [0, 0.05) is 0 Å². The molecule has 78 valence electrons. The molecule has 0 amide bonds. The third-order valence-electron chi connectivity index (χ3n) is 3.86. The molecule has 0 aromatic rings. The highest BCUT2D eigenvalue weighted by Gasteiger charge is 2.44. The first-order valence-corrected chi connectivity index (χ1v) is 5.23. The van der Waals surface area contributed by atoms with Crippen molar-refractivity contribution in [2.45, 2.75) is 58.2 Å². The first kappa shape index (κ1) is 11.0. The summed E-state index contributed by atoms with van der Waals surface area (Å²) in [4.78, 5) is 0. The van der Waals surface area contributed by atoms with Gasteiger partial charge in [-0.3, -0.25) is 0 Å². The van der Waals surface area contributed by atoms with Gasteiger partial charge in [-0.05, 0) is 38.0 Å². The van der Waals surface area contributed by atoms with Gasteiger partial charge in [-0.1, -0.05) is 20.8 Å². The minimum Gasteiger partial charge on any atom is -0.390 e. The maximum Gasteiger partial charge on any atom is 0.0675 e. The average molecular weight is 186 g/mol. The summed E-state index contributed by atoms with van der Waals surface area (Å²) in [6.45, 7) is 7.99. The number of aliphatic hydroxyl groups is 2. The van der Waals surface area contributed by atoms with E-state index in [1.54, 1.807) is 0 Å². The van der Waals surface area contributed by atoms with Crippen molar-refractivity contribution >= 4 is 0 Å². The zero-order chi connectivity index (χ0) is 10.3. The molecule has 1 fully saturated rings. The van der Waals surface area contributed by atoms with Gasteiger partial charge in [-0.25, -0.2) is 0 Å². The van der Waals surface area contributed by atoms with E-state index in [-0.39, 0.29) is 11.8 Å². The van der Waals surface area contributed by atoms with Gasteiger partial charge in [-0.2, -0.15) is 0 Å². The van der Waals surface area contributed by atoms with Crippen LogP contribution < -0.4 is 0 Å². The fraction of sp³-hybridized carbons (Fsp3) is 1.00. The van der Waals surface area contributed by atoms with Gasteiger partial charge in [0.25, 0.3) is 0 Å². The van der Waals surface area contributed by atoms with E-state index in [0.717, 1.165) is 12.8 Å². The minimum atomic E-state index is -0.582. The van der Waals surface area contributed by atoms with Gasteiger partial charge in [0.05, 0.1) is 11.2 Å². The van der Waals surface area contributed by atoms with Crippen LogP contribution in [-0.4, -0.2) is 21.4 Å². The predicted octanol–water partition coefficient (Wildman–Crippen LogP) is 1.94. The Labute approximate surface area is 81.0 Å². The molecule has 1 saturated carbocycles. The van der Waals surface area contributed by atoms with E-state index < -0.39 is 11.2 Å². The van der Waals surface area contributed by atoms with E-state index in [1.165, 1.54) is 0 Å². The summed E-state index contributed by atoms with van der Waals surface area (Å²) in [5.41, 5.74) is -1.14. The maximum atomic E-state index is 10.2. The zero-order valence-corrected chi connectivity index (χ0v) is 9.17. The average Bonchev–Trinajstić information content (AvgIpc) is 1.98. The Bertz CT molecular complexity index is 187. The predicted molar refractivity (Wildman–Crippen MR) is 53.4 cm³/mol. The molecular weight excluding hydrogens is 164 g/mol. The highest BCUT2D eigenvalue weighted by molar-refractivity contribution is 4.96. The summed E-state index contributed by atoms with van der Waals surface area (Å²) < 4.78 is 0. The van der Waals surface area contributed by atoms with Gasteiger partial charge < -0.3 is 10.2 Å². The van der Waals surface area contributed by atoms with Crippen molar-refractivity contribution in [3.63, 3.8) is 0 Å². The topological polar surface area (TPSA) is 40.5 Å². The fourth-order valence-corrected chi connectivity index (χ4v) is 2.09. The Balaban J connectivity index is 2.70. The van der Waals surface area contributed by atoms with E-state index in [4.69, 9.17) is 0 Å². The molecule has 2 N–H and O–H groups in total. The largest absolute Gasteiger partial charge is 0.390 e. The lowest BCUT2D eigenvalue weighted by atomic mass is 9.67. The van der Waals surface area contributed by atoms with E-state index in [1.807, 2.05) is 27.7 Å².